The van der Waals surface area contributed by atoms with Crippen molar-refractivity contribution in [2.75, 3.05) is 6.54 Å². The Hall–Kier alpha value is -3.68. The molecule has 3 atom stereocenters. The van der Waals surface area contributed by atoms with Crippen molar-refractivity contribution in [3.8, 4) is 5.75 Å². The maximum absolute atomic E-state index is 12.9. The first-order valence-electron chi connectivity index (χ1n) is 13.9. The number of aliphatic hydroxyl groups excluding tert-OH is 1. The number of rotatable bonds is 10. The second kappa shape index (κ2) is 14.3. The molecule has 1 aliphatic heterocycles. The first-order valence-corrected chi connectivity index (χ1v) is 13.9. The van der Waals surface area contributed by atoms with Crippen LogP contribution in [0.25, 0.3) is 0 Å². The fraction of sp³-hybridized carbons (Fsp3) is 0.548. The van der Waals surface area contributed by atoms with E-state index in [1.807, 2.05) is 96.1 Å². The molecule has 41 heavy (non-hydrogen) atoms. The fourth-order valence-electron chi connectivity index (χ4n) is 5.41. The second-order valence-corrected chi connectivity index (χ2v) is 12.5. The number of nitrogens with zero attached hydrogens (tertiary/aromatic N) is 3. The summed E-state index contributed by atoms with van der Waals surface area (Å²) in [6, 6.07) is 16.3. The molecule has 0 unspecified atom stereocenters. The molecule has 1 heterocycles. The lowest BCUT2D eigenvalue weighted by Gasteiger charge is -2.45. The van der Waals surface area contributed by atoms with E-state index >= 15 is 0 Å². The Morgan fingerprint density at radius 3 is 2.17 bits per heavy atom. The number of carbonyl (C=O) groups excluding carboxylic acids is 2. The van der Waals surface area contributed by atoms with Crippen molar-refractivity contribution in [1.82, 2.24) is 10.2 Å². The number of alkyl carbamates (subject to hydrolysis) is 1. The number of nitrogens with one attached hydrogen (secondary N) is 1. The number of primary amides is 1. The zero-order valence-electron chi connectivity index (χ0n) is 25.1. The topological polar surface area (TPSA) is 162 Å². The molecule has 224 valence electrons. The van der Waals surface area contributed by atoms with Gasteiger partial charge in [0.2, 0.25) is 5.91 Å². The van der Waals surface area contributed by atoms with Gasteiger partial charge in [0.25, 0.3) is 0 Å². The third kappa shape index (κ3) is 9.73. The lowest BCUT2D eigenvalue weighted by atomic mass is 9.83. The summed E-state index contributed by atoms with van der Waals surface area (Å²) in [5.41, 5.74) is 6.10. The Labute approximate surface area is 243 Å². The molecule has 0 aromatic heterocycles. The monoisotopic (exact) mass is 567 g/mol. The molecule has 1 saturated heterocycles. The molecule has 0 radical (unpaired) electrons. The summed E-state index contributed by atoms with van der Waals surface area (Å²) < 4.78 is 11.4. The zero-order valence-corrected chi connectivity index (χ0v) is 25.1. The maximum Gasteiger partial charge on any atom is 0.407 e. The van der Waals surface area contributed by atoms with E-state index in [1.54, 1.807) is 0 Å². The van der Waals surface area contributed by atoms with Gasteiger partial charge in [-0.05, 0) is 90.6 Å². The average Bonchev–Trinajstić information content (AvgIpc) is 3.35. The molecular weight excluding hydrogens is 522 g/mol. The number of likely N-dealkylation sites (tertiary alicyclic amines) is 1. The third-order valence-electron chi connectivity index (χ3n) is 7.09. The van der Waals surface area contributed by atoms with E-state index in [0.717, 1.165) is 23.3 Å². The van der Waals surface area contributed by atoms with Crippen molar-refractivity contribution < 1.29 is 24.2 Å². The van der Waals surface area contributed by atoms with Gasteiger partial charge in [-0.1, -0.05) is 42.5 Å². The van der Waals surface area contributed by atoms with Crippen LogP contribution in [0.4, 0.5) is 4.79 Å². The Bertz CT molecular complexity index is 1140. The van der Waals surface area contributed by atoms with Gasteiger partial charge < -0.3 is 25.6 Å². The van der Waals surface area contributed by atoms with Crippen molar-refractivity contribution >= 4 is 12.0 Å². The highest BCUT2D eigenvalue weighted by atomic mass is 16.5. The molecule has 10 heteroatoms. The summed E-state index contributed by atoms with van der Waals surface area (Å²) in [5.74, 6) is 0.279. The van der Waals surface area contributed by atoms with Gasteiger partial charge in [0.1, 0.15) is 23.5 Å². The summed E-state index contributed by atoms with van der Waals surface area (Å²) in [5, 5.41) is 26.4. The summed E-state index contributed by atoms with van der Waals surface area (Å²) in [6.45, 7) is 12.9. The molecule has 4 N–H and O–H groups in total. The predicted octanol–water partition coefficient (Wildman–Crippen LogP) is 4.60. The van der Waals surface area contributed by atoms with E-state index in [2.05, 4.69) is 10.2 Å². The molecule has 2 aromatic rings. The Balaban J connectivity index is 0.00000287. The zero-order chi connectivity index (χ0) is 30.8. The molecule has 0 spiro atoms. The summed E-state index contributed by atoms with van der Waals surface area (Å²) in [4.78, 5) is 27.8. The molecule has 0 aliphatic carbocycles. The SMILES string of the molecule is CC(C)(C)Oc1ccc(C[C@H](NC(=O)OCc2ccccc2)[C@H](O)C[C@@]2(C(N)=O)CCCN2C(C)(C)C)cc1.N#N. The van der Waals surface area contributed by atoms with Crippen LogP contribution in [-0.2, 0) is 22.6 Å². The molecule has 3 rings (SSSR count). The van der Waals surface area contributed by atoms with Crippen LogP contribution in [0, 0.1) is 10.8 Å². The van der Waals surface area contributed by atoms with Gasteiger partial charge in [0, 0.05) is 22.7 Å². The van der Waals surface area contributed by atoms with Crippen LogP contribution in [0.1, 0.15) is 71.9 Å². The van der Waals surface area contributed by atoms with Crippen LogP contribution in [0.15, 0.2) is 54.6 Å². The Morgan fingerprint density at radius 2 is 1.63 bits per heavy atom. The van der Waals surface area contributed by atoms with E-state index in [1.165, 1.54) is 0 Å². The minimum atomic E-state index is -1.05. The van der Waals surface area contributed by atoms with Crippen LogP contribution in [0.2, 0.25) is 0 Å². The number of nitrogens with two attached hydrogens (primary N) is 1. The first-order chi connectivity index (χ1) is 19.2. The van der Waals surface area contributed by atoms with E-state index in [0.29, 0.717) is 19.4 Å². The minimum absolute atomic E-state index is 0.106. The van der Waals surface area contributed by atoms with E-state index < -0.39 is 29.7 Å². The van der Waals surface area contributed by atoms with Crippen LogP contribution < -0.4 is 15.8 Å². The second-order valence-electron chi connectivity index (χ2n) is 12.5. The van der Waals surface area contributed by atoms with Crippen LogP contribution >= 0.6 is 0 Å². The normalized spacial score (nSPS) is 18.9. The largest absolute Gasteiger partial charge is 0.488 e. The van der Waals surface area contributed by atoms with Gasteiger partial charge in [-0.3, -0.25) is 9.69 Å². The predicted molar refractivity (Wildman–Crippen MR) is 156 cm³/mol. The van der Waals surface area contributed by atoms with Gasteiger partial charge in [0.15, 0.2) is 0 Å². The van der Waals surface area contributed by atoms with Gasteiger partial charge in [-0.2, -0.15) is 0 Å². The number of amides is 2. The molecule has 0 bridgehead atoms. The number of ether oxygens (including phenoxy) is 2. The van der Waals surface area contributed by atoms with Crippen molar-refractivity contribution in [3.05, 3.63) is 65.7 Å². The molecule has 0 saturated carbocycles. The fourth-order valence-corrected chi connectivity index (χ4v) is 5.41. The summed E-state index contributed by atoms with van der Waals surface area (Å²) >= 11 is 0. The Kier molecular flexibility index (Phi) is 11.7. The van der Waals surface area contributed by atoms with Crippen LogP contribution in [-0.4, -0.2) is 57.4 Å². The number of benzene rings is 2. The standard InChI is InChI=1S/C31H45N3O5.N2/c1-29(2,3)34-18-10-17-31(34,27(32)36)20-26(35)25(33-28(37)38-21-23-11-8-7-9-12-23)19-22-13-15-24(16-14-22)39-30(4,5)6;1-2/h7-9,11-16,25-26,35H,10,17-21H2,1-6H3,(H2,32,36)(H,33,37);/t25-,26+,31+;/m0./s1. The van der Waals surface area contributed by atoms with Crippen molar-refractivity contribution in [2.24, 2.45) is 5.73 Å². The Morgan fingerprint density at radius 1 is 1.02 bits per heavy atom. The van der Waals surface area contributed by atoms with Crippen LogP contribution in [0.5, 0.6) is 5.75 Å². The van der Waals surface area contributed by atoms with Gasteiger partial charge in [-0.15, -0.1) is 0 Å². The number of aliphatic hydroxyl groups is 1. The third-order valence-corrected chi connectivity index (χ3v) is 7.09. The van der Waals surface area contributed by atoms with Gasteiger partial charge in [-0.25, -0.2) is 4.79 Å². The number of hydrogen-bond acceptors (Lipinski definition) is 8. The molecule has 10 nitrogen and oxygen atoms in total. The quantitative estimate of drug-likeness (QED) is 0.351. The smallest absolute Gasteiger partial charge is 0.407 e. The first kappa shape index (κ1) is 33.5. The highest BCUT2D eigenvalue weighted by molar-refractivity contribution is 5.85. The molecule has 2 amide bonds. The van der Waals surface area contributed by atoms with Crippen molar-refractivity contribution in [1.29, 1.82) is 10.8 Å². The summed E-state index contributed by atoms with van der Waals surface area (Å²) in [7, 11) is 0. The van der Waals surface area contributed by atoms with E-state index in [4.69, 9.17) is 26.0 Å². The molecular formula is C31H45N5O5. The molecule has 2 aromatic carbocycles. The van der Waals surface area contributed by atoms with Crippen molar-refractivity contribution in [2.45, 2.75) is 103 Å². The maximum atomic E-state index is 12.9. The van der Waals surface area contributed by atoms with Crippen LogP contribution in [0.3, 0.4) is 0 Å². The molecule has 1 fully saturated rings. The van der Waals surface area contributed by atoms with Gasteiger partial charge in [0.05, 0.1) is 12.1 Å². The number of carbonyl (C=O) groups is 2. The molecule has 1 aliphatic rings. The van der Waals surface area contributed by atoms with Crippen molar-refractivity contribution in [3.63, 3.8) is 0 Å². The van der Waals surface area contributed by atoms with Gasteiger partial charge >= 0.3 is 6.09 Å². The summed E-state index contributed by atoms with van der Waals surface area (Å²) in [6.07, 6.45) is 0.119. The number of hydrogen-bond donors (Lipinski definition) is 3. The lowest BCUT2D eigenvalue weighted by molar-refractivity contribution is -0.134. The van der Waals surface area contributed by atoms with E-state index in [9.17, 15) is 14.7 Å². The minimum Gasteiger partial charge on any atom is -0.488 e. The lowest BCUT2D eigenvalue weighted by Crippen LogP contribution is -2.62. The highest BCUT2D eigenvalue weighted by Crippen LogP contribution is 2.39. The highest BCUT2D eigenvalue weighted by Gasteiger charge is 2.51. The average molecular weight is 568 g/mol. The van der Waals surface area contributed by atoms with E-state index in [-0.39, 0.29) is 24.2 Å².